The molecule has 0 saturated carbocycles. The maximum atomic E-state index is 12.3. The van der Waals surface area contributed by atoms with E-state index in [1.807, 2.05) is 42.5 Å². The number of carbonyl (C=O) groups excluding carboxylic acids is 1. The number of furan rings is 2. The number of ketones is 1. The van der Waals surface area contributed by atoms with Gasteiger partial charge in [-0.25, -0.2) is 0 Å². The molecule has 23 heavy (non-hydrogen) atoms. The van der Waals surface area contributed by atoms with E-state index in [0.717, 1.165) is 17.0 Å². The Bertz CT molecular complexity index is 817. The second-order valence-electron chi connectivity index (χ2n) is 5.60. The maximum Gasteiger partial charge on any atom is 0.156 e. The highest BCUT2D eigenvalue weighted by Gasteiger charge is 2.37. The molecule has 4 nitrogen and oxygen atoms in total. The second kappa shape index (κ2) is 5.72. The van der Waals surface area contributed by atoms with Crippen molar-refractivity contribution in [3.05, 3.63) is 84.5 Å². The number of hydrogen-bond acceptors (Lipinski definition) is 4. The molecule has 1 aliphatic rings. The van der Waals surface area contributed by atoms with Crippen LogP contribution in [-0.4, -0.2) is 10.8 Å². The fourth-order valence-electron chi connectivity index (χ4n) is 3.23. The van der Waals surface area contributed by atoms with Crippen LogP contribution >= 0.6 is 0 Å². The molecule has 0 spiro atoms. The molecule has 3 aromatic heterocycles. The van der Waals surface area contributed by atoms with Crippen molar-refractivity contribution in [2.24, 2.45) is 0 Å². The van der Waals surface area contributed by atoms with Gasteiger partial charge in [-0.2, -0.15) is 0 Å². The molecule has 0 radical (unpaired) electrons. The summed E-state index contributed by atoms with van der Waals surface area (Å²) in [5, 5.41) is 0. The standard InChI is InChI=1S/C19H15NO3/c21-13-11-14(17-6-3-9-22-17)19(16-5-1-2-8-20-16)15(12-13)18-7-4-10-23-18/h1-11,15,19H,12H2. The summed E-state index contributed by atoms with van der Waals surface area (Å²) in [6.07, 6.45) is 7.11. The molecular formula is C19H15NO3. The van der Waals surface area contributed by atoms with Crippen LogP contribution < -0.4 is 0 Å². The van der Waals surface area contributed by atoms with Crippen LogP contribution in [0.4, 0.5) is 0 Å². The van der Waals surface area contributed by atoms with Crippen molar-refractivity contribution in [1.82, 2.24) is 4.98 Å². The van der Waals surface area contributed by atoms with Gasteiger partial charge in [0.05, 0.1) is 12.5 Å². The zero-order chi connectivity index (χ0) is 15.6. The number of pyridine rings is 1. The van der Waals surface area contributed by atoms with Crippen molar-refractivity contribution in [2.45, 2.75) is 18.3 Å². The maximum absolute atomic E-state index is 12.3. The normalized spacial score (nSPS) is 21.2. The Morgan fingerprint density at radius 2 is 1.87 bits per heavy atom. The largest absolute Gasteiger partial charge is 0.469 e. The lowest BCUT2D eigenvalue weighted by molar-refractivity contribution is -0.115. The Balaban J connectivity index is 1.87. The van der Waals surface area contributed by atoms with Crippen molar-refractivity contribution in [3.63, 3.8) is 0 Å². The average Bonchev–Trinajstić information content (AvgIpc) is 3.28. The van der Waals surface area contributed by atoms with E-state index in [0.29, 0.717) is 12.2 Å². The van der Waals surface area contributed by atoms with Gasteiger partial charge in [-0.05, 0) is 42.5 Å². The number of allylic oxidation sites excluding steroid dienone is 2. The van der Waals surface area contributed by atoms with Crippen molar-refractivity contribution in [3.8, 4) is 0 Å². The van der Waals surface area contributed by atoms with E-state index in [2.05, 4.69) is 4.98 Å². The average molecular weight is 305 g/mol. The number of aromatic nitrogens is 1. The van der Waals surface area contributed by atoms with Crippen molar-refractivity contribution < 1.29 is 13.6 Å². The van der Waals surface area contributed by atoms with E-state index in [1.165, 1.54) is 0 Å². The van der Waals surface area contributed by atoms with Crippen LogP contribution in [0.25, 0.3) is 5.57 Å². The highest BCUT2D eigenvalue weighted by atomic mass is 16.3. The minimum atomic E-state index is -0.0856. The SMILES string of the molecule is O=C1C=C(c2ccco2)C(c2ccccn2)C(c2ccco2)C1. The molecule has 4 heteroatoms. The first kappa shape index (κ1) is 13.8. The minimum Gasteiger partial charge on any atom is -0.469 e. The Kier molecular flexibility index (Phi) is 3.42. The highest BCUT2D eigenvalue weighted by Crippen LogP contribution is 2.47. The lowest BCUT2D eigenvalue weighted by Crippen LogP contribution is -2.22. The first-order valence-electron chi connectivity index (χ1n) is 7.55. The van der Waals surface area contributed by atoms with Crippen molar-refractivity contribution in [2.75, 3.05) is 0 Å². The molecule has 4 rings (SSSR count). The predicted octanol–water partition coefficient (Wildman–Crippen LogP) is 4.19. The van der Waals surface area contributed by atoms with Gasteiger partial charge in [0.15, 0.2) is 5.78 Å². The Labute approximate surface area is 133 Å². The van der Waals surface area contributed by atoms with Crippen molar-refractivity contribution in [1.29, 1.82) is 0 Å². The summed E-state index contributed by atoms with van der Waals surface area (Å²) in [4.78, 5) is 16.8. The summed E-state index contributed by atoms with van der Waals surface area (Å²) >= 11 is 0. The first-order valence-corrected chi connectivity index (χ1v) is 7.55. The van der Waals surface area contributed by atoms with Gasteiger partial charge in [0.1, 0.15) is 11.5 Å². The fraction of sp³-hybridized carbons (Fsp3) is 0.158. The molecule has 2 atom stereocenters. The molecule has 0 aliphatic heterocycles. The van der Waals surface area contributed by atoms with Gasteiger partial charge in [-0.3, -0.25) is 9.78 Å². The van der Waals surface area contributed by atoms with Crippen LogP contribution in [0.5, 0.6) is 0 Å². The van der Waals surface area contributed by atoms with Gasteiger partial charge in [0.2, 0.25) is 0 Å². The molecule has 0 N–H and O–H groups in total. The molecule has 2 unspecified atom stereocenters. The molecule has 0 fully saturated rings. The van der Waals surface area contributed by atoms with E-state index in [4.69, 9.17) is 8.83 Å². The summed E-state index contributed by atoms with van der Waals surface area (Å²) < 4.78 is 11.2. The van der Waals surface area contributed by atoms with E-state index in [-0.39, 0.29) is 17.6 Å². The third-order valence-corrected chi connectivity index (χ3v) is 4.20. The lowest BCUT2D eigenvalue weighted by atomic mass is 9.74. The Hall–Kier alpha value is -2.88. The van der Waals surface area contributed by atoms with Crippen LogP contribution in [0.15, 0.2) is 76.1 Å². The summed E-state index contributed by atoms with van der Waals surface area (Å²) in [6, 6.07) is 13.3. The highest BCUT2D eigenvalue weighted by molar-refractivity contribution is 6.00. The Morgan fingerprint density at radius 1 is 1.00 bits per heavy atom. The zero-order valence-corrected chi connectivity index (χ0v) is 12.4. The van der Waals surface area contributed by atoms with E-state index >= 15 is 0 Å². The molecule has 0 saturated heterocycles. The van der Waals surface area contributed by atoms with Gasteiger partial charge in [0.25, 0.3) is 0 Å². The van der Waals surface area contributed by atoms with Gasteiger partial charge in [0, 0.05) is 35.7 Å². The van der Waals surface area contributed by atoms with Crippen LogP contribution in [-0.2, 0) is 4.79 Å². The molecule has 3 aromatic rings. The van der Waals surface area contributed by atoms with Crippen LogP contribution in [0, 0.1) is 0 Å². The zero-order valence-electron chi connectivity index (χ0n) is 12.4. The predicted molar refractivity (Wildman–Crippen MR) is 84.7 cm³/mol. The first-order chi connectivity index (χ1) is 11.3. The monoisotopic (exact) mass is 305 g/mol. The Morgan fingerprint density at radius 3 is 2.57 bits per heavy atom. The third kappa shape index (κ3) is 2.52. The quantitative estimate of drug-likeness (QED) is 0.728. The van der Waals surface area contributed by atoms with Crippen LogP contribution in [0.3, 0.4) is 0 Å². The number of carbonyl (C=O) groups is 1. The van der Waals surface area contributed by atoms with Gasteiger partial charge < -0.3 is 8.83 Å². The molecule has 3 heterocycles. The number of rotatable bonds is 3. The molecule has 114 valence electrons. The molecule has 0 aromatic carbocycles. The van der Waals surface area contributed by atoms with E-state index < -0.39 is 0 Å². The molecular weight excluding hydrogens is 290 g/mol. The third-order valence-electron chi connectivity index (χ3n) is 4.20. The van der Waals surface area contributed by atoms with Crippen LogP contribution in [0.1, 0.15) is 35.5 Å². The number of hydrogen-bond donors (Lipinski definition) is 0. The van der Waals surface area contributed by atoms with Crippen molar-refractivity contribution >= 4 is 11.4 Å². The summed E-state index contributed by atoms with van der Waals surface area (Å²) in [6.45, 7) is 0. The number of nitrogens with zero attached hydrogens (tertiary/aromatic N) is 1. The van der Waals surface area contributed by atoms with Gasteiger partial charge in [-0.15, -0.1) is 0 Å². The lowest BCUT2D eigenvalue weighted by Gasteiger charge is -2.29. The van der Waals surface area contributed by atoms with Gasteiger partial charge >= 0.3 is 0 Å². The van der Waals surface area contributed by atoms with Crippen LogP contribution in [0.2, 0.25) is 0 Å². The second-order valence-corrected chi connectivity index (χ2v) is 5.60. The molecule has 1 aliphatic carbocycles. The minimum absolute atomic E-state index is 0.0741. The topological polar surface area (TPSA) is 56.2 Å². The molecule has 0 amide bonds. The summed E-state index contributed by atoms with van der Waals surface area (Å²) in [7, 11) is 0. The van der Waals surface area contributed by atoms with Gasteiger partial charge in [-0.1, -0.05) is 6.07 Å². The van der Waals surface area contributed by atoms with E-state index in [9.17, 15) is 4.79 Å². The smallest absolute Gasteiger partial charge is 0.156 e. The molecule has 0 bridgehead atoms. The summed E-state index contributed by atoms with van der Waals surface area (Å²) in [5.41, 5.74) is 1.76. The van der Waals surface area contributed by atoms with E-state index in [1.54, 1.807) is 24.8 Å². The summed E-state index contributed by atoms with van der Waals surface area (Å²) in [5.74, 6) is 1.41. The fourth-order valence-corrected chi connectivity index (χ4v) is 3.23.